The molecule has 1 aromatic rings. The molecule has 0 aromatic heterocycles. The first-order valence-electron chi connectivity index (χ1n) is 6.19. The van der Waals surface area contributed by atoms with Gasteiger partial charge in [0.1, 0.15) is 6.07 Å². The molecule has 2 nitrogen and oxygen atoms in total. The quantitative estimate of drug-likeness (QED) is 0.810. The van der Waals surface area contributed by atoms with Gasteiger partial charge in [0, 0.05) is 18.8 Å². The fourth-order valence-corrected chi connectivity index (χ4v) is 2.41. The molecule has 1 aliphatic rings. The molecule has 0 aliphatic heterocycles. The predicted molar refractivity (Wildman–Crippen MR) is 71.4 cm³/mol. The van der Waals surface area contributed by atoms with Gasteiger partial charge in [0.25, 0.3) is 0 Å². The number of halogens is 1. The van der Waals surface area contributed by atoms with Gasteiger partial charge in [0.15, 0.2) is 0 Å². The standard InChI is InChI=1S/C14H17ClN2/c1-2-17(10-11-4-3-5-11)13-7-6-12(9-16)14(15)8-13/h6-8,11H,2-5,10H2,1H3. The minimum Gasteiger partial charge on any atom is -0.371 e. The van der Waals surface area contributed by atoms with Crippen LogP contribution in [0.2, 0.25) is 5.02 Å². The van der Waals surface area contributed by atoms with Crippen molar-refractivity contribution in [2.75, 3.05) is 18.0 Å². The second-order valence-corrected chi connectivity index (χ2v) is 5.02. The highest BCUT2D eigenvalue weighted by atomic mass is 35.5. The molecular weight excluding hydrogens is 232 g/mol. The summed E-state index contributed by atoms with van der Waals surface area (Å²) in [5.74, 6) is 0.837. The maximum absolute atomic E-state index is 8.85. The SMILES string of the molecule is CCN(CC1CCC1)c1ccc(C#N)c(Cl)c1. The van der Waals surface area contributed by atoms with Gasteiger partial charge in [0.05, 0.1) is 10.6 Å². The summed E-state index contributed by atoms with van der Waals surface area (Å²) >= 11 is 6.07. The number of nitrogens with zero attached hydrogens (tertiary/aromatic N) is 2. The Kier molecular flexibility index (Phi) is 3.91. The number of benzene rings is 1. The first kappa shape index (κ1) is 12.3. The van der Waals surface area contributed by atoms with E-state index in [0.29, 0.717) is 10.6 Å². The predicted octanol–water partition coefficient (Wildman–Crippen LogP) is 3.84. The van der Waals surface area contributed by atoms with E-state index in [1.54, 1.807) is 6.07 Å². The maximum Gasteiger partial charge on any atom is 0.101 e. The van der Waals surface area contributed by atoms with Crippen molar-refractivity contribution in [3.63, 3.8) is 0 Å². The van der Waals surface area contributed by atoms with Crippen molar-refractivity contribution >= 4 is 17.3 Å². The van der Waals surface area contributed by atoms with Crippen molar-refractivity contribution in [3.8, 4) is 6.07 Å². The summed E-state index contributed by atoms with van der Waals surface area (Å²) in [7, 11) is 0. The average Bonchev–Trinajstić information content (AvgIpc) is 2.28. The fourth-order valence-electron chi connectivity index (χ4n) is 2.20. The maximum atomic E-state index is 8.85. The van der Waals surface area contributed by atoms with E-state index in [0.717, 1.165) is 24.7 Å². The van der Waals surface area contributed by atoms with E-state index in [1.165, 1.54) is 19.3 Å². The Balaban J connectivity index is 2.13. The molecular formula is C14H17ClN2. The summed E-state index contributed by atoms with van der Waals surface area (Å²) in [6.07, 6.45) is 4.07. The third kappa shape index (κ3) is 2.73. The highest BCUT2D eigenvalue weighted by molar-refractivity contribution is 6.32. The van der Waals surface area contributed by atoms with E-state index < -0.39 is 0 Å². The molecule has 0 radical (unpaired) electrons. The number of nitriles is 1. The molecule has 90 valence electrons. The van der Waals surface area contributed by atoms with Gasteiger partial charge in [-0.05, 0) is 43.9 Å². The Morgan fingerprint density at radius 3 is 2.71 bits per heavy atom. The Bertz CT molecular complexity index is 432. The average molecular weight is 249 g/mol. The molecule has 1 aromatic carbocycles. The van der Waals surface area contributed by atoms with Gasteiger partial charge in [-0.15, -0.1) is 0 Å². The first-order valence-corrected chi connectivity index (χ1v) is 6.57. The third-order valence-electron chi connectivity index (χ3n) is 3.52. The zero-order chi connectivity index (χ0) is 12.3. The summed E-state index contributed by atoms with van der Waals surface area (Å²) in [6, 6.07) is 7.80. The lowest BCUT2D eigenvalue weighted by Crippen LogP contribution is -2.32. The molecule has 0 spiro atoms. The topological polar surface area (TPSA) is 27.0 Å². The number of hydrogen-bond donors (Lipinski definition) is 0. The van der Waals surface area contributed by atoms with Gasteiger partial charge >= 0.3 is 0 Å². The molecule has 1 fully saturated rings. The van der Waals surface area contributed by atoms with Gasteiger partial charge in [-0.25, -0.2) is 0 Å². The Labute approximate surface area is 108 Å². The molecule has 1 aliphatic carbocycles. The van der Waals surface area contributed by atoms with E-state index in [4.69, 9.17) is 16.9 Å². The molecule has 0 atom stereocenters. The minimum absolute atomic E-state index is 0.551. The van der Waals surface area contributed by atoms with Crippen LogP contribution in [-0.4, -0.2) is 13.1 Å². The second-order valence-electron chi connectivity index (χ2n) is 4.61. The third-order valence-corrected chi connectivity index (χ3v) is 3.84. The van der Waals surface area contributed by atoms with Gasteiger partial charge in [-0.1, -0.05) is 18.0 Å². The molecule has 0 heterocycles. The molecule has 2 rings (SSSR count). The van der Waals surface area contributed by atoms with Crippen molar-refractivity contribution in [2.24, 2.45) is 5.92 Å². The fraction of sp³-hybridized carbons (Fsp3) is 0.500. The summed E-state index contributed by atoms with van der Waals surface area (Å²) in [5, 5.41) is 9.40. The summed E-state index contributed by atoms with van der Waals surface area (Å²) in [5.41, 5.74) is 1.68. The van der Waals surface area contributed by atoms with Crippen LogP contribution >= 0.6 is 11.6 Å². The van der Waals surface area contributed by atoms with Gasteiger partial charge in [-0.2, -0.15) is 5.26 Å². The van der Waals surface area contributed by atoms with Crippen molar-refractivity contribution < 1.29 is 0 Å². The molecule has 0 amide bonds. The number of hydrogen-bond acceptors (Lipinski definition) is 2. The van der Waals surface area contributed by atoms with E-state index in [1.807, 2.05) is 12.1 Å². The van der Waals surface area contributed by atoms with Crippen molar-refractivity contribution in [3.05, 3.63) is 28.8 Å². The smallest absolute Gasteiger partial charge is 0.101 e. The molecule has 1 saturated carbocycles. The molecule has 0 bridgehead atoms. The highest BCUT2D eigenvalue weighted by Crippen LogP contribution is 2.30. The van der Waals surface area contributed by atoms with Crippen LogP contribution < -0.4 is 4.90 Å². The van der Waals surface area contributed by atoms with Crippen LogP contribution in [0, 0.1) is 17.2 Å². The van der Waals surface area contributed by atoms with Gasteiger partial charge in [0.2, 0.25) is 0 Å². The molecule has 0 N–H and O–H groups in total. The van der Waals surface area contributed by atoms with Crippen LogP contribution in [0.1, 0.15) is 31.7 Å². The van der Waals surface area contributed by atoms with Crippen molar-refractivity contribution in [2.45, 2.75) is 26.2 Å². The Hall–Kier alpha value is -1.20. The highest BCUT2D eigenvalue weighted by Gasteiger charge is 2.20. The van der Waals surface area contributed by atoms with Gasteiger partial charge < -0.3 is 4.90 Å². The molecule has 0 unspecified atom stereocenters. The zero-order valence-corrected chi connectivity index (χ0v) is 10.9. The summed E-state index contributed by atoms with van der Waals surface area (Å²) in [6.45, 7) is 4.25. The number of anilines is 1. The van der Waals surface area contributed by atoms with Crippen molar-refractivity contribution in [1.29, 1.82) is 5.26 Å². The van der Waals surface area contributed by atoms with E-state index in [-0.39, 0.29) is 0 Å². The lowest BCUT2D eigenvalue weighted by atomic mass is 9.85. The van der Waals surface area contributed by atoms with Crippen LogP contribution in [0.15, 0.2) is 18.2 Å². The normalized spacial score (nSPS) is 15.1. The lowest BCUT2D eigenvalue weighted by molar-refractivity contribution is 0.318. The van der Waals surface area contributed by atoms with Crippen LogP contribution in [0.3, 0.4) is 0 Å². The van der Waals surface area contributed by atoms with Crippen molar-refractivity contribution in [1.82, 2.24) is 0 Å². The van der Waals surface area contributed by atoms with Crippen LogP contribution in [0.5, 0.6) is 0 Å². The van der Waals surface area contributed by atoms with Crippen LogP contribution in [0.4, 0.5) is 5.69 Å². The van der Waals surface area contributed by atoms with E-state index in [2.05, 4.69) is 17.9 Å². The molecule has 0 saturated heterocycles. The Morgan fingerprint density at radius 1 is 1.47 bits per heavy atom. The second kappa shape index (κ2) is 5.42. The first-order chi connectivity index (χ1) is 8.24. The monoisotopic (exact) mass is 248 g/mol. The molecule has 17 heavy (non-hydrogen) atoms. The van der Waals surface area contributed by atoms with E-state index in [9.17, 15) is 0 Å². The van der Waals surface area contributed by atoms with E-state index >= 15 is 0 Å². The Morgan fingerprint density at radius 2 is 2.24 bits per heavy atom. The lowest BCUT2D eigenvalue weighted by Gasteiger charge is -2.33. The van der Waals surface area contributed by atoms with Crippen LogP contribution in [0.25, 0.3) is 0 Å². The molecule has 3 heteroatoms. The van der Waals surface area contributed by atoms with Crippen LogP contribution in [-0.2, 0) is 0 Å². The van der Waals surface area contributed by atoms with Gasteiger partial charge in [-0.3, -0.25) is 0 Å². The zero-order valence-electron chi connectivity index (χ0n) is 10.1. The minimum atomic E-state index is 0.551. The summed E-state index contributed by atoms with van der Waals surface area (Å²) < 4.78 is 0. The largest absolute Gasteiger partial charge is 0.371 e. The number of rotatable bonds is 4. The summed E-state index contributed by atoms with van der Waals surface area (Å²) in [4.78, 5) is 2.34.